The third-order valence-corrected chi connectivity index (χ3v) is 4.74. The van der Waals surface area contributed by atoms with Gasteiger partial charge in [0.25, 0.3) is 0 Å². The normalized spacial score (nSPS) is 10.9. The zero-order chi connectivity index (χ0) is 16.2. The molecule has 2 aromatic carbocycles. The molecule has 0 spiro atoms. The van der Waals surface area contributed by atoms with E-state index in [0.29, 0.717) is 0 Å². The van der Waals surface area contributed by atoms with Gasteiger partial charge in [-0.3, -0.25) is 0 Å². The van der Waals surface area contributed by atoms with Crippen LogP contribution in [-0.4, -0.2) is 25.3 Å². The van der Waals surface area contributed by atoms with Crippen molar-refractivity contribution in [3.63, 3.8) is 0 Å². The number of thioether (sulfide) groups is 1. The summed E-state index contributed by atoms with van der Waals surface area (Å²) in [6, 6.07) is 14.1. The van der Waals surface area contributed by atoms with Gasteiger partial charge in [-0.25, -0.2) is 0 Å². The maximum atomic E-state index is 9.08. The van der Waals surface area contributed by atoms with E-state index >= 15 is 0 Å². The molecular weight excluding hydrogens is 308 g/mol. The van der Waals surface area contributed by atoms with E-state index in [4.69, 9.17) is 5.11 Å². The van der Waals surface area contributed by atoms with Crippen LogP contribution in [-0.2, 0) is 12.4 Å². The van der Waals surface area contributed by atoms with Crippen LogP contribution in [0.15, 0.2) is 47.6 Å². The van der Waals surface area contributed by atoms with Gasteiger partial charge in [0.2, 0.25) is 5.16 Å². The highest BCUT2D eigenvalue weighted by Crippen LogP contribution is 2.23. The van der Waals surface area contributed by atoms with Crippen LogP contribution in [0, 0.1) is 13.8 Å². The molecule has 0 amide bonds. The molecule has 118 valence electrons. The van der Waals surface area contributed by atoms with Crippen LogP contribution in [0.5, 0.6) is 0 Å². The fourth-order valence-corrected chi connectivity index (χ4v) is 3.02. The standard InChI is InChI=1S/C17H18N4OS/c1-12-3-8-16(9-13(12)2)21-17(18-19-20-21)23-11-15-6-4-14(10-22)5-7-15/h3-9,22H,10-11H2,1-2H3. The largest absolute Gasteiger partial charge is 0.392 e. The number of aliphatic hydroxyl groups is 1. The van der Waals surface area contributed by atoms with E-state index in [0.717, 1.165) is 22.2 Å². The molecule has 0 aliphatic heterocycles. The lowest BCUT2D eigenvalue weighted by molar-refractivity contribution is 0.282. The predicted molar refractivity (Wildman–Crippen MR) is 90.6 cm³/mol. The number of benzene rings is 2. The van der Waals surface area contributed by atoms with Gasteiger partial charge in [0.05, 0.1) is 12.3 Å². The van der Waals surface area contributed by atoms with Crippen LogP contribution in [0.25, 0.3) is 5.69 Å². The van der Waals surface area contributed by atoms with Crippen molar-refractivity contribution in [1.29, 1.82) is 0 Å². The molecule has 0 radical (unpaired) electrons. The Morgan fingerprint density at radius 1 is 1.00 bits per heavy atom. The molecule has 1 aromatic heterocycles. The Kier molecular flexibility index (Phi) is 4.73. The van der Waals surface area contributed by atoms with E-state index in [9.17, 15) is 0 Å². The molecule has 1 N–H and O–H groups in total. The summed E-state index contributed by atoms with van der Waals surface area (Å²) in [7, 11) is 0. The van der Waals surface area contributed by atoms with Gasteiger partial charge in [0.15, 0.2) is 0 Å². The molecule has 0 aliphatic rings. The highest BCUT2D eigenvalue weighted by molar-refractivity contribution is 7.98. The molecule has 0 saturated carbocycles. The Labute approximate surface area is 139 Å². The van der Waals surface area contributed by atoms with Gasteiger partial charge >= 0.3 is 0 Å². The summed E-state index contributed by atoms with van der Waals surface area (Å²) >= 11 is 1.59. The predicted octanol–water partition coefficient (Wildman–Crippen LogP) is 3.06. The lowest BCUT2D eigenvalue weighted by Crippen LogP contribution is -2.00. The molecule has 1 heterocycles. The van der Waals surface area contributed by atoms with Crippen LogP contribution in [0.1, 0.15) is 22.3 Å². The first kappa shape index (κ1) is 15.7. The number of aryl methyl sites for hydroxylation is 2. The second kappa shape index (κ2) is 6.93. The third kappa shape index (κ3) is 3.60. The molecule has 0 aliphatic carbocycles. The first-order valence-electron chi connectivity index (χ1n) is 7.35. The van der Waals surface area contributed by atoms with Gasteiger partial charge in [-0.15, -0.1) is 5.10 Å². The molecule has 0 unspecified atom stereocenters. The quantitative estimate of drug-likeness (QED) is 0.730. The van der Waals surface area contributed by atoms with Gasteiger partial charge in [0, 0.05) is 5.75 Å². The summed E-state index contributed by atoms with van der Waals surface area (Å²) in [6.45, 7) is 4.24. The molecule has 0 atom stereocenters. The summed E-state index contributed by atoms with van der Waals surface area (Å²) in [4.78, 5) is 0. The van der Waals surface area contributed by atoms with Gasteiger partial charge in [-0.05, 0) is 58.7 Å². The minimum Gasteiger partial charge on any atom is -0.392 e. The number of hydrogen-bond acceptors (Lipinski definition) is 5. The van der Waals surface area contributed by atoms with Crippen molar-refractivity contribution >= 4 is 11.8 Å². The van der Waals surface area contributed by atoms with E-state index in [1.54, 1.807) is 16.4 Å². The van der Waals surface area contributed by atoms with Crippen molar-refractivity contribution in [2.75, 3.05) is 0 Å². The van der Waals surface area contributed by atoms with Crippen LogP contribution in [0.4, 0.5) is 0 Å². The fraction of sp³-hybridized carbons (Fsp3) is 0.235. The van der Waals surface area contributed by atoms with Crippen molar-refractivity contribution in [1.82, 2.24) is 20.2 Å². The number of aromatic nitrogens is 4. The van der Waals surface area contributed by atoms with E-state index in [-0.39, 0.29) is 6.61 Å². The molecule has 3 aromatic rings. The van der Waals surface area contributed by atoms with Gasteiger partial charge in [-0.2, -0.15) is 4.68 Å². The summed E-state index contributed by atoms with van der Waals surface area (Å²) in [5.41, 5.74) is 5.52. The second-order valence-electron chi connectivity index (χ2n) is 5.41. The Balaban J connectivity index is 1.76. The smallest absolute Gasteiger partial charge is 0.214 e. The zero-order valence-electron chi connectivity index (χ0n) is 13.1. The first-order chi connectivity index (χ1) is 11.2. The molecule has 0 bridgehead atoms. The van der Waals surface area contributed by atoms with Gasteiger partial charge in [0.1, 0.15) is 0 Å². The summed E-state index contributed by atoms with van der Waals surface area (Å²) in [5.74, 6) is 0.775. The Hall–Kier alpha value is -2.18. The number of hydrogen-bond donors (Lipinski definition) is 1. The number of tetrazole rings is 1. The van der Waals surface area contributed by atoms with E-state index in [1.165, 1.54) is 16.7 Å². The van der Waals surface area contributed by atoms with Crippen molar-refractivity contribution < 1.29 is 5.11 Å². The van der Waals surface area contributed by atoms with Crippen molar-refractivity contribution in [2.45, 2.75) is 31.4 Å². The Morgan fingerprint density at radius 2 is 1.74 bits per heavy atom. The highest BCUT2D eigenvalue weighted by Gasteiger charge is 2.10. The van der Waals surface area contributed by atoms with Crippen molar-refractivity contribution in [3.8, 4) is 5.69 Å². The van der Waals surface area contributed by atoms with Crippen molar-refractivity contribution in [2.24, 2.45) is 0 Å². The van der Waals surface area contributed by atoms with Crippen LogP contribution >= 0.6 is 11.8 Å². The molecule has 0 fully saturated rings. The molecule has 3 rings (SSSR count). The summed E-state index contributed by atoms with van der Waals surface area (Å²) < 4.78 is 1.76. The molecule has 23 heavy (non-hydrogen) atoms. The minimum absolute atomic E-state index is 0.0679. The van der Waals surface area contributed by atoms with Gasteiger partial charge in [-0.1, -0.05) is 42.1 Å². The SMILES string of the molecule is Cc1ccc(-n2nnnc2SCc2ccc(CO)cc2)cc1C. The topological polar surface area (TPSA) is 63.8 Å². The Morgan fingerprint density at radius 3 is 2.43 bits per heavy atom. The second-order valence-corrected chi connectivity index (χ2v) is 6.35. The summed E-state index contributed by atoms with van der Waals surface area (Å²) in [6.07, 6.45) is 0. The van der Waals surface area contributed by atoms with Crippen LogP contribution < -0.4 is 0 Å². The third-order valence-electron chi connectivity index (χ3n) is 3.75. The van der Waals surface area contributed by atoms with Crippen LogP contribution in [0.3, 0.4) is 0 Å². The van der Waals surface area contributed by atoms with Crippen LogP contribution in [0.2, 0.25) is 0 Å². The number of rotatable bonds is 5. The lowest BCUT2D eigenvalue weighted by atomic mass is 10.1. The average molecular weight is 326 g/mol. The minimum atomic E-state index is 0.0679. The maximum Gasteiger partial charge on any atom is 0.214 e. The monoisotopic (exact) mass is 326 g/mol. The zero-order valence-corrected chi connectivity index (χ0v) is 13.9. The first-order valence-corrected chi connectivity index (χ1v) is 8.33. The van der Waals surface area contributed by atoms with E-state index in [2.05, 4.69) is 41.5 Å². The lowest BCUT2D eigenvalue weighted by Gasteiger charge is -2.07. The number of nitrogens with zero attached hydrogens (tertiary/aromatic N) is 4. The summed E-state index contributed by atoms with van der Waals surface area (Å²) in [5, 5.41) is 21.9. The highest BCUT2D eigenvalue weighted by atomic mass is 32.2. The maximum absolute atomic E-state index is 9.08. The molecule has 0 saturated heterocycles. The molecular formula is C17H18N4OS. The Bertz CT molecular complexity index is 799. The van der Waals surface area contributed by atoms with E-state index < -0.39 is 0 Å². The van der Waals surface area contributed by atoms with E-state index in [1.807, 2.05) is 30.3 Å². The molecule has 5 nitrogen and oxygen atoms in total. The van der Waals surface area contributed by atoms with Crippen molar-refractivity contribution in [3.05, 3.63) is 64.7 Å². The van der Waals surface area contributed by atoms with Gasteiger partial charge < -0.3 is 5.11 Å². The fourth-order valence-electron chi connectivity index (χ4n) is 2.18. The average Bonchev–Trinajstić information content (AvgIpc) is 3.04. The molecule has 6 heteroatoms. The number of aliphatic hydroxyl groups excluding tert-OH is 1.